The van der Waals surface area contributed by atoms with Crippen molar-refractivity contribution in [1.82, 2.24) is 15.0 Å². The molecule has 2 aromatic carbocycles. The van der Waals surface area contributed by atoms with E-state index in [1.54, 1.807) is 12.4 Å². The first-order valence-corrected chi connectivity index (χ1v) is 13.7. The van der Waals surface area contributed by atoms with Gasteiger partial charge in [0, 0.05) is 42.8 Å². The topological polar surface area (TPSA) is 95.1 Å². The molecule has 0 saturated carbocycles. The van der Waals surface area contributed by atoms with Gasteiger partial charge in [0.15, 0.2) is 5.82 Å². The quantitative estimate of drug-likeness (QED) is 0.278. The Morgan fingerprint density at radius 1 is 0.974 bits per heavy atom. The normalized spacial score (nSPS) is 15.2. The van der Waals surface area contributed by atoms with Gasteiger partial charge in [-0.25, -0.2) is 4.98 Å². The van der Waals surface area contributed by atoms with Crippen molar-refractivity contribution in [2.45, 2.75) is 32.1 Å². The van der Waals surface area contributed by atoms with Crippen molar-refractivity contribution >= 4 is 52.0 Å². The number of aryl methyl sites for hydroxylation is 2. The molecular weight excluding hydrogens is 510 g/mol. The maximum Gasteiger partial charge on any atom is 0.229 e. The minimum absolute atomic E-state index is 0.0596. The summed E-state index contributed by atoms with van der Waals surface area (Å²) in [5.41, 5.74) is 5.85. The number of rotatable bonds is 4. The molecule has 4 heterocycles. The van der Waals surface area contributed by atoms with E-state index in [2.05, 4.69) is 66.1 Å². The Balaban J connectivity index is 1.17. The molecule has 0 atom stereocenters. The molecule has 6 bridgehead atoms. The molecule has 8 nitrogen and oxygen atoms in total. The molecule has 0 unspecified atom stereocenters. The minimum Gasteiger partial charge on any atom is -0.372 e. The average molecular weight is 540 g/mol. The van der Waals surface area contributed by atoms with Crippen LogP contribution in [0.4, 0.5) is 34.5 Å². The number of aromatic nitrogens is 3. The second kappa shape index (κ2) is 11.3. The first-order valence-electron chi connectivity index (χ1n) is 13.3. The van der Waals surface area contributed by atoms with Crippen LogP contribution in [0.5, 0.6) is 0 Å². The second-order valence-electron chi connectivity index (χ2n) is 10.1. The van der Waals surface area contributed by atoms with Gasteiger partial charge < -0.3 is 20.9 Å². The van der Waals surface area contributed by atoms with Gasteiger partial charge >= 0.3 is 0 Å². The summed E-state index contributed by atoms with van der Waals surface area (Å²) < 4.78 is 0. The van der Waals surface area contributed by atoms with Crippen molar-refractivity contribution in [3.8, 4) is 0 Å². The number of pyridine rings is 1. The smallest absolute Gasteiger partial charge is 0.229 e. The van der Waals surface area contributed by atoms with Crippen LogP contribution in [0.15, 0.2) is 73.2 Å². The van der Waals surface area contributed by atoms with Gasteiger partial charge in [0.25, 0.3) is 0 Å². The summed E-state index contributed by atoms with van der Waals surface area (Å²) in [6, 6.07) is 18.5. The van der Waals surface area contributed by atoms with E-state index in [0.29, 0.717) is 29.1 Å². The molecule has 0 spiro atoms. The van der Waals surface area contributed by atoms with E-state index in [9.17, 15) is 4.79 Å². The Bertz CT molecular complexity index is 1470. The number of fused-ring (bicyclic) bond motifs is 6. The Kier molecular flexibility index (Phi) is 7.27. The number of para-hydroxylation sites is 1. The van der Waals surface area contributed by atoms with Gasteiger partial charge in [-0.3, -0.25) is 9.78 Å². The van der Waals surface area contributed by atoms with Gasteiger partial charge in [-0.05, 0) is 79.1 Å². The Labute approximate surface area is 232 Å². The van der Waals surface area contributed by atoms with E-state index < -0.39 is 0 Å². The lowest BCUT2D eigenvalue weighted by Crippen LogP contribution is -2.34. The Morgan fingerprint density at radius 3 is 2.67 bits per heavy atom. The number of halogens is 1. The minimum atomic E-state index is 0.0596. The Hall–Kier alpha value is -4.17. The molecule has 198 valence electrons. The third kappa shape index (κ3) is 6.12. The number of hydrogen-bond donors (Lipinski definition) is 3. The molecule has 0 aliphatic carbocycles. The molecule has 0 radical (unpaired) electrons. The zero-order chi connectivity index (χ0) is 26.6. The summed E-state index contributed by atoms with van der Waals surface area (Å²) in [4.78, 5) is 28.7. The van der Waals surface area contributed by atoms with Gasteiger partial charge in [-0.15, -0.1) is 0 Å². The maximum absolute atomic E-state index is 13.1. The highest BCUT2D eigenvalue weighted by molar-refractivity contribution is 6.32. The third-order valence-electron chi connectivity index (χ3n) is 7.33. The molecule has 1 fully saturated rings. The first kappa shape index (κ1) is 25.1. The number of carbonyl (C=O) groups excluding carboxylic acids is 1. The fraction of sp³-hybridized carbons (Fsp3) is 0.267. The van der Waals surface area contributed by atoms with Gasteiger partial charge in [0.05, 0.1) is 18.1 Å². The average Bonchev–Trinajstić information content (AvgIpc) is 2.96. The van der Waals surface area contributed by atoms with Gasteiger partial charge in [0.1, 0.15) is 5.02 Å². The fourth-order valence-electron chi connectivity index (χ4n) is 5.25. The number of nitrogens with zero attached hydrogens (tertiary/aromatic N) is 4. The molecule has 9 heteroatoms. The molecular formula is C30H30ClN7O. The summed E-state index contributed by atoms with van der Waals surface area (Å²) in [6.07, 6.45) is 9.23. The van der Waals surface area contributed by atoms with Crippen LogP contribution in [0, 0.1) is 5.92 Å². The molecule has 6 rings (SSSR count). The predicted octanol–water partition coefficient (Wildman–Crippen LogP) is 6.36. The molecule has 2 aromatic heterocycles. The molecule has 3 N–H and O–H groups in total. The monoisotopic (exact) mass is 539 g/mol. The number of anilines is 6. The molecule has 1 amide bonds. The number of carbonyl (C=O) groups is 1. The Morgan fingerprint density at radius 2 is 1.82 bits per heavy atom. The molecule has 2 aliphatic heterocycles. The number of nitrogens with one attached hydrogen (secondary N) is 3. The third-order valence-corrected chi connectivity index (χ3v) is 7.61. The van der Waals surface area contributed by atoms with Crippen molar-refractivity contribution in [3.63, 3.8) is 0 Å². The number of piperidine rings is 1. The summed E-state index contributed by atoms with van der Waals surface area (Å²) in [5.74, 6) is 1.37. The van der Waals surface area contributed by atoms with Crippen molar-refractivity contribution < 1.29 is 4.79 Å². The number of benzene rings is 2. The maximum atomic E-state index is 13.1. The van der Waals surface area contributed by atoms with E-state index in [1.165, 1.54) is 5.69 Å². The molecule has 1 saturated heterocycles. The van der Waals surface area contributed by atoms with E-state index >= 15 is 0 Å². The van der Waals surface area contributed by atoms with Crippen LogP contribution in [0.25, 0.3) is 0 Å². The highest BCUT2D eigenvalue weighted by atomic mass is 35.5. The van der Waals surface area contributed by atoms with Crippen LogP contribution >= 0.6 is 11.6 Å². The van der Waals surface area contributed by atoms with Crippen LogP contribution in [0.3, 0.4) is 0 Å². The zero-order valence-corrected chi connectivity index (χ0v) is 22.3. The van der Waals surface area contributed by atoms with Gasteiger partial charge in [0.2, 0.25) is 11.9 Å². The number of hydrogen-bond acceptors (Lipinski definition) is 7. The lowest BCUT2D eigenvalue weighted by molar-refractivity contribution is -0.117. The predicted molar refractivity (Wildman–Crippen MR) is 156 cm³/mol. The van der Waals surface area contributed by atoms with Crippen LogP contribution in [0.1, 0.15) is 30.4 Å². The van der Waals surface area contributed by atoms with Gasteiger partial charge in [-0.2, -0.15) is 4.98 Å². The first-order chi connectivity index (χ1) is 19.1. The molecule has 2 aliphatic rings. The van der Waals surface area contributed by atoms with Crippen molar-refractivity contribution in [2.75, 3.05) is 33.9 Å². The van der Waals surface area contributed by atoms with Crippen LogP contribution in [0.2, 0.25) is 5.02 Å². The summed E-state index contributed by atoms with van der Waals surface area (Å²) in [6.45, 7) is 1.95. The fourth-order valence-corrected chi connectivity index (χ4v) is 5.39. The van der Waals surface area contributed by atoms with Crippen LogP contribution in [-0.4, -0.2) is 33.9 Å². The van der Waals surface area contributed by atoms with E-state index in [0.717, 1.165) is 67.0 Å². The number of amides is 1. The van der Waals surface area contributed by atoms with E-state index in [4.69, 9.17) is 11.6 Å². The van der Waals surface area contributed by atoms with Gasteiger partial charge in [-0.1, -0.05) is 29.8 Å². The summed E-state index contributed by atoms with van der Waals surface area (Å²) in [5, 5.41) is 10.1. The van der Waals surface area contributed by atoms with E-state index in [-0.39, 0.29) is 5.91 Å². The van der Waals surface area contributed by atoms with Crippen LogP contribution in [-0.2, 0) is 17.6 Å². The lowest BCUT2D eigenvalue weighted by atomic mass is 9.92. The summed E-state index contributed by atoms with van der Waals surface area (Å²) in [7, 11) is 0. The standard InChI is InChI=1S/C30H30ClN7O/c31-26-19-33-30-35-24-14-21(17-32-18-24)6-7-22-16-23(34-29(26)37-30)8-9-27(22)36-28(39)15-20-10-12-38(13-11-20)25-4-2-1-3-5-25/h1-5,8-9,14,16-20H,6-7,10-13,15H2,(H,36,39)(H2,33,34,35,37). The van der Waals surface area contributed by atoms with Crippen molar-refractivity contribution in [3.05, 3.63) is 89.3 Å². The van der Waals surface area contributed by atoms with Crippen LogP contribution < -0.4 is 20.9 Å². The van der Waals surface area contributed by atoms with Crippen molar-refractivity contribution in [2.24, 2.45) is 5.92 Å². The highest BCUT2D eigenvalue weighted by Crippen LogP contribution is 2.30. The summed E-state index contributed by atoms with van der Waals surface area (Å²) >= 11 is 6.38. The highest BCUT2D eigenvalue weighted by Gasteiger charge is 2.22. The molecule has 4 aromatic rings. The zero-order valence-electron chi connectivity index (χ0n) is 21.5. The molecule has 39 heavy (non-hydrogen) atoms. The van der Waals surface area contributed by atoms with Crippen molar-refractivity contribution in [1.29, 1.82) is 0 Å². The SMILES string of the molecule is O=C(CC1CCN(c2ccccc2)CC1)Nc1ccc2cc1CCc1cncc(c1)Nc1ncc(Cl)c(n1)N2. The largest absolute Gasteiger partial charge is 0.372 e. The van der Waals surface area contributed by atoms with E-state index in [1.807, 2.05) is 30.5 Å². The second-order valence-corrected chi connectivity index (χ2v) is 10.5. The lowest BCUT2D eigenvalue weighted by Gasteiger charge is -2.33.